The zero-order chi connectivity index (χ0) is 12.4. The molecular formula is C13H17NO3. The Hall–Kier alpha value is -1.39. The highest BCUT2D eigenvalue weighted by atomic mass is 16.5. The summed E-state index contributed by atoms with van der Waals surface area (Å²) in [4.78, 5) is 13.7. The Labute approximate surface area is 101 Å². The summed E-state index contributed by atoms with van der Waals surface area (Å²) in [6.45, 7) is 4.75. The fourth-order valence-corrected chi connectivity index (χ4v) is 2.12. The van der Waals surface area contributed by atoms with E-state index in [-0.39, 0.29) is 12.5 Å². The van der Waals surface area contributed by atoms with Crippen LogP contribution in [0.25, 0.3) is 0 Å². The first kappa shape index (κ1) is 12.1. The van der Waals surface area contributed by atoms with Gasteiger partial charge in [0.15, 0.2) is 6.10 Å². The molecule has 1 atom stereocenters. The Bertz CT molecular complexity index is 431. The fourth-order valence-electron chi connectivity index (χ4n) is 2.12. The number of nitrogens with zero attached hydrogens (tertiary/aromatic N) is 1. The third kappa shape index (κ3) is 2.33. The summed E-state index contributed by atoms with van der Waals surface area (Å²) in [5.41, 5.74) is 3.14. The average Bonchev–Trinajstić information content (AvgIpc) is 2.30. The van der Waals surface area contributed by atoms with E-state index in [2.05, 4.69) is 0 Å². The topological polar surface area (TPSA) is 49.8 Å². The summed E-state index contributed by atoms with van der Waals surface area (Å²) < 4.78 is 5.21. The predicted octanol–water partition coefficient (Wildman–Crippen LogP) is 1.03. The molecule has 1 heterocycles. The highest BCUT2D eigenvalue weighted by molar-refractivity contribution is 5.97. The number of rotatable bonds is 2. The molecule has 0 radical (unpaired) electrons. The molecule has 1 saturated heterocycles. The van der Waals surface area contributed by atoms with E-state index in [4.69, 9.17) is 9.84 Å². The lowest BCUT2D eigenvalue weighted by molar-refractivity contribution is -0.136. The molecule has 0 spiro atoms. The number of aliphatic hydroxyl groups is 1. The van der Waals surface area contributed by atoms with Gasteiger partial charge in [0.2, 0.25) is 0 Å². The van der Waals surface area contributed by atoms with Gasteiger partial charge < -0.3 is 14.7 Å². The molecule has 1 unspecified atom stereocenters. The predicted molar refractivity (Wildman–Crippen MR) is 65.1 cm³/mol. The van der Waals surface area contributed by atoms with Crippen molar-refractivity contribution in [3.8, 4) is 0 Å². The Kier molecular flexibility index (Phi) is 3.45. The average molecular weight is 235 g/mol. The first-order valence-corrected chi connectivity index (χ1v) is 5.74. The number of aryl methyl sites for hydroxylation is 2. The van der Waals surface area contributed by atoms with Crippen molar-refractivity contribution in [1.29, 1.82) is 0 Å². The van der Waals surface area contributed by atoms with Crippen LogP contribution in [0.2, 0.25) is 0 Å². The van der Waals surface area contributed by atoms with E-state index in [1.165, 1.54) is 5.56 Å². The lowest BCUT2D eigenvalue weighted by Crippen LogP contribution is -2.49. The van der Waals surface area contributed by atoms with Gasteiger partial charge in [-0.3, -0.25) is 4.79 Å². The van der Waals surface area contributed by atoms with Crippen LogP contribution in [0.15, 0.2) is 18.2 Å². The second kappa shape index (κ2) is 4.85. The van der Waals surface area contributed by atoms with Crippen LogP contribution in [0.4, 0.5) is 5.69 Å². The lowest BCUT2D eigenvalue weighted by Gasteiger charge is -2.32. The number of carbonyl (C=O) groups is 1. The molecule has 17 heavy (non-hydrogen) atoms. The standard InChI is InChI=1S/C13H17NO3/c1-9-3-4-11(10(2)7-9)14-5-6-17-12(8-15)13(14)16/h3-4,7,12,15H,5-6,8H2,1-2H3. The Balaban J connectivity index is 2.29. The van der Waals surface area contributed by atoms with Gasteiger partial charge in [-0.2, -0.15) is 0 Å². The zero-order valence-electron chi connectivity index (χ0n) is 10.1. The normalized spacial score (nSPS) is 20.8. The van der Waals surface area contributed by atoms with Crippen molar-refractivity contribution < 1.29 is 14.6 Å². The number of carbonyl (C=O) groups excluding carboxylic acids is 1. The summed E-state index contributed by atoms with van der Waals surface area (Å²) in [7, 11) is 0. The van der Waals surface area contributed by atoms with E-state index in [9.17, 15) is 4.79 Å². The van der Waals surface area contributed by atoms with Crippen LogP contribution < -0.4 is 4.90 Å². The maximum absolute atomic E-state index is 12.0. The fraction of sp³-hybridized carbons (Fsp3) is 0.462. The molecule has 0 saturated carbocycles. The molecule has 4 heteroatoms. The molecule has 1 fully saturated rings. The van der Waals surface area contributed by atoms with Gasteiger partial charge in [-0.1, -0.05) is 17.7 Å². The molecule has 1 aliphatic heterocycles. The largest absolute Gasteiger partial charge is 0.393 e. The number of ether oxygens (including phenoxy) is 1. The van der Waals surface area contributed by atoms with Crippen molar-refractivity contribution in [3.05, 3.63) is 29.3 Å². The highest BCUT2D eigenvalue weighted by Crippen LogP contribution is 2.23. The number of hydrogen-bond donors (Lipinski definition) is 1. The number of aliphatic hydroxyl groups excluding tert-OH is 1. The van der Waals surface area contributed by atoms with Crippen molar-refractivity contribution in [1.82, 2.24) is 0 Å². The van der Waals surface area contributed by atoms with E-state index in [1.807, 2.05) is 32.0 Å². The van der Waals surface area contributed by atoms with E-state index in [1.54, 1.807) is 4.90 Å². The quantitative estimate of drug-likeness (QED) is 0.833. The summed E-state index contributed by atoms with van der Waals surface area (Å²) in [6, 6.07) is 5.98. The van der Waals surface area contributed by atoms with Crippen molar-refractivity contribution in [2.45, 2.75) is 20.0 Å². The first-order chi connectivity index (χ1) is 8.13. The highest BCUT2D eigenvalue weighted by Gasteiger charge is 2.30. The molecule has 1 N–H and O–H groups in total. The number of benzene rings is 1. The molecule has 1 amide bonds. The minimum Gasteiger partial charge on any atom is -0.393 e. The summed E-state index contributed by atoms with van der Waals surface area (Å²) in [5.74, 6) is -0.161. The molecule has 0 aromatic heterocycles. The maximum atomic E-state index is 12.0. The molecule has 2 rings (SSSR count). The van der Waals surface area contributed by atoms with Gasteiger partial charge >= 0.3 is 0 Å². The van der Waals surface area contributed by atoms with Crippen LogP contribution in [0.3, 0.4) is 0 Å². The number of anilines is 1. The van der Waals surface area contributed by atoms with Gasteiger partial charge in [-0.25, -0.2) is 0 Å². The van der Waals surface area contributed by atoms with Crippen LogP contribution in [-0.2, 0) is 9.53 Å². The van der Waals surface area contributed by atoms with E-state index in [0.717, 1.165) is 11.3 Å². The van der Waals surface area contributed by atoms with Gasteiger partial charge in [0.05, 0.1) is 13.2 Å². The van der Waals surface area contributed by atoms with Gasteiger partial charge in [-0.15, -0.1) is 0 Å². The number of morpholine rings is 1. The minimum atomic E-state index is -0.718. The van der Waals surface area contributed by atoms with Gasteiger partial charge in [0, 0.05) is 12.2 Å². The number of amides is 1. The van der Waals surface area contributed by atoms with Crippen molar-refractivity contribution >= 4 is 11.6 Å². The van der Waals surface area contributed by atoms with Gasteiger partial charge in [-0.05, 0) is 25.5 Å². The Morgan fingerprint density at radius 2 is 2.24 bits per heavy atom. The summed E-state index contributed by atoms with van der Waals surface area (Å²) in [5, 5.41) is 9.07. The third-order valence-corrected chi connectivity index (χ3v) is 2.98. The van der Waals surface area contributed by atoms with Crippen molar-refractivity contribution in [2.24, 2.45) is 0 Å². The van der Waals surface area contributed by atoms with Crippen LogP contribution in [0.1, 0.15) is 11.1 Å². The molecule has 1 aliphatic rings. The minimum absolute atomic E-state index is 0.161. The molecule has 1 aromatic rings. The second-order valence-corrected chi connectivity index (χ2v) is 4.32. The molecule has 0 aliphatic carbocycles. The molecule has 0 bridgehead atoms. The van der Waals surface area contributed by atoms with Crippen molar-refractivity contribution in [3.63, 3.8) is 0 Å². The van der Waals surface area contributed by atoms with Gasteiger partial charge in [0.25, 0.3) is 5.91 Å². The molecule has 92 valence electrons. The second-order valence-electron chi connectivity index (χ2n) is 4.32. The van der Waals surface area contributed by atoms with Crippen LogP contribution >= 0.6 is 0 Å². The molecular weight excluding hydrogens is 218 g/mol. The van der Waals surface area contributed by atoms with Crippen LogP contribution in [0.5, 0.6) is 0 Å². The number of hydrogen-bond acceptors (Lipinski definition) is 3. The monoisotopic (exact) mass is 235 g/mol. The smallest absolute Gasteiger partial charge is 0.258 e. The summed E-state index contributed by atoms with van der Waals surface area (Å²) in [6.07, 6.45) is -0.718. The van der Waals surface area contributed by atoms with Crippen LogP contribution in [0, 0.1) is 13.8 Å². The zero-order valence-corrected chi connectivity index (χ0v) is 10.1. The van der Waals surface area contributed by atoms with Gasteiger partial charge in [0.1, 0.15) is 0 Å². The SMILES string of the molecule is Cc1ccc(N2CCOC(CO)C2=O)c(C)c1. The first-order valence-electron chi connectivity index (χ1n) is 5.74. The van der Waals surface area contributed by atoms with E-state index in [0.29, 0.717) is 13.2 Å². The lowest BCUT2D eigenvalue weighted by atomic mass is 10.1. The van der Waals surface area contributed by atoms with E-state index < -0.39 is 6.10 Å². The Morgan fingerprint density at radius 1 is 1.47 bits per heavy atom. The van der Waals surface area contributed by atoms with E-state index >= 15 is 0 Å². The summed E-state index contributed by atoms with van der Waals surface area (Å²) >= 11 is 0. The molecule has 1 aromatic carbocycles. The van der Waals surface area contributed by atoms with Crippen LogP contribution in [-0.4, -0.2) is 36.9 Å². The van der Waals surface area contributed by atoms with Crippen molar-refractivity contribution in [2.75, 3.05) is 24.7 Å². The Morgan fingerprint density at radius 3 is 2.88 bits per heavy atom. The molecule has 4 nitrogen and oxygen atoms in total. The third-order valence-electron chi connectivity index (χ3n) is 2.98. The maximum Gasteiger partial charge on any atom is 0.258 e.